The SMILES string of the molecule is Cc1nc2ccccc2n(CCCNC(=O)NCC(F)(F)F)c1=O. The average Bonchev–Trinajstić information content (AvgIpc) is 2.52. The molecule has 0 unspecified atom stereocenters. The molecule has 0 spiro atoms. The topological polar surface area (TPSA) is 76.0 Å². The maximum atomic E-state index is 12.2. The predicted molar refractivity (Wildman–Crippen MR) is 82.8 cm³/mol. The lowest BCUT2D eigenvalue weighted by Crippen LogP contribution is -2.41. The number of nitrogens with one attached hydrogen (secondary N) is 2. The molecule has 1 heterocycles. The van der Waals surface area contributed by atoms with Crippen LogP contribution in [0, 0.1) is 6.92 Å². The first-order chi connectivity index (χ1) is 11.3. The second-order valence-corrected chi connectivity index (χ2v) is 5.22. The van der Waals surface area contributed by atoms with Crippen LogP contribution in [0.3, 0.4) is 0 Å². The maximum Gasteiger partial charge on any atom is 0.405 e. The normalized spacial score (nSPS) is 11.5. The number of rotatable bonds is 5. The van der Waals surface area contributed by atoms with Crippen LogP contribution < -0.4 is 16.2 Å². The van der Waals surface area contributed by atoms with Gasteiger partial charge < -0.3 is 15.2 Å². The molecule has 24 heavy (non-hydrogen) atoms. The molecular weight excluding hydrogens is 325 g/mol. The van der Waals surface area contributed by atoms with Gasteiger partial charge >= 0.3 is 12.2 Å². The Morgan fingerprint density at radius 1 is 1.25 bits per heavy atom. The van der Waals surface area contributed by atoms with Crippen LogP contribution in [0.5, 0.6) is 0 Å². The molecule has 9 heteroatoms. The van der Waals surface area contributed by atoms with E-state index >= 15 is 0 Å². The van der Waals surface area contributed by atoms with E-state index in [4.69, 9.17) is 0 Å². The van der Waals surface area contributed by atoms with Crippen molar-refractivity contribution in [1.29, 1.82) is 0 Å². The zero-order valence-corrected chi connectivity index (χ0v) is 13.0. The Balaban J connectivity index is 1.93. The summed E-state index contributed by atoms with van der Waals surface area (Å²) in [4.78, 5) is 27.7. The van der Waals surface area contributed by atoms with Crippen molar-refractivity contribution in [2.45, 2.75) is 26.1 Å². The maximum absolute atomic E-state index is 12.2. The lowest BCUT2D eigenvalue weighted by molar-refractivity contribution is -0.122. The van der Waals surface area contributed by atoms with Crippen molar-refractivity contribution in [1.82, 2.24) is 20.2 Å². The van der Waals surface area contributed by atoms with Crippen LogP contribution in [0.4, 0.5) is 18.0 Å². The van der Waals surface area contributed by atoms with E-state index in [9.17, 15) is 22.8 Å². The van der Waals surface area contributed by atoms with Gasteiger partial charge in [0.2, 0.25) is 0 Å². The first kappa shape index (κ1) is 17.8. The van der Waals surface area contributed by atoms with Crippen LogP contribution in [0.1, 0.15) is 12.1 Å². The van der Waals surface area contributed by atoms with Gasteiger partial charge in [-0.2, -0.15) is 13.2 Å². The first-order valence-corrected chi connectivity index (χ1v) is 7.32. The number of alkyl halides is 3. The van der Waals surface area contributed by atoms with Crippen molar-refractivity contribution in [3.63, 3.8) is 0 Å². The number of carbonyl (C=O) groups excluding carboxylic acids is 1. The molecule has 0 atom stereocenters. The van der Waals surface area contributed by atoms with E-state index in [1.54, 1.807) is 35.0 Å². The lowest BCUT2D eigenvalue weighted by atomic mass is 10.2. The van der Waals surface area contributed by atoms with Gasteiger partial charge in [0.25, 0.3) is 5.56 Å². The molecule has 0 aliphatic heterocycles. The summed E-state index contributed by atoms with van der Waals surface area (Å²) >= 11 is 0. The van der Waals surface area contributed by atoms with Gasteiger partial charge in [0.05, 0.1) is 11.0 Å². The Morgan fingerprint density at radius 3 is 2.67 bits per heavy atom. The summed E-state index contributed by atoms with van der Waals surface area (Å²) in [6.07, 6.45) is -4.05. The molecule has 0 saturated carbocycles. The fourth-order valence-corrected chi connectivity index (χ4v) is 2.22. The minimum atomic E-state index is -4.45. The minimum Gasteiger partial charge on any atom is -0.338 e. The van der Waals surface area contributed by atoms with Gasteiger partial charge in [0, 0.05) is 13.1 Å². The summed E-state index contributed by atoms with van der Waals surface area (Å²) in [7, 11) is 0. The van der Waals surface area contributed by atoms with Crippen LogP contribution in [0.2, 0.25) is 0 Å². The highest BCUT2D eigenvalue weighted by Gasteiger charge is 2.27. The number of halogens is 3. The number of nitrogens with zero attached hydrogens (tertiary/aromatic N) is 2. The minimum absolute atomic E-state index is 0.145. The molecule has 2 aromatic rings. The predicted octanol–water partition coefficient (Wildman–Crippen LogP) is 1.96. The Hall–Kier alpha value is -2.58. The number of benzene rings is 1. The summed E-state index contributed by atoms with van der Waals surface area (Å²) in [5.41, 5.74) is 1.50. The third-order valence-electron chi connectivity index (χ3n) is 3.31. The summed E-state index contributed by atoms with van der Waals surface area (Å²) < 4.78 is 37.5. The van der Waals surface area contributed by atoms with E-state index in [-0.39, 0.29) is 12.1 Å². The Labute approximate surface area is 135 Å². The zero-order valence-electron chi connectivity index (χ0n) is 13.0. The molecule has 0 saturated heterocycles. The second kappa shape index (κ2) is 7.33. The van der Waals surface area contributed by atoms with E-state index in [1.165, 1.54) is 0 Å². The molecule has 1 aromatic heterocycles. The number of hydrogen-bond donors (Lipinski definition) is 2. The number of para-hydroxylation sites is 2. The summed E-state index contributed by atoms with van der Waals surface area (Å²) in [5, 5.41) is 4.04. The van der Waals surface area contributed by atoms with Crippen molar-refractivity contribution in [2.24, 2.45) is 0 Å². The molecule has 130 valence electrons. The van der Waals surface area contributed by atoms with Gasteiger partial charge in [-0.15, -0.1) is 0 Å². The zero-order chi connectivity index (χ0) is 17.7. The van der Waals surface area contributed by atoms with Gasteiger partial charge in [-0.25, -0.2) is 9.78 Å². The van der Waals surface area contributed by atoms with E-state index < -0.39 is 18.8 Å². The Bertz CT molecular complexity index is 786. The molecule has 2 amide bonds. The second-order valence-electron chi connectivity index (χ2n) is 5.22. The highest BCUT2D eigenvalue weighted by molar-refractivity contribution is 5.74. The molecule has 0 aliphatic carbocycles. The molecule has 0 radical (unpaired) electrons. The number of fused-ring (bicyclic) bond motifs is 1. The van der Waals surface area contributed by atoms with Crippen LogP contribution in [-0.2, 0) is 6.54 Å². The van der Waals surface area contributed by atoms with E-state index in [2.05, 4.69) is 10.3 Å². The van der Waals surface area contributed by atoms with Crippen LogP contribution in [0.15, 0.2) is 29.1 Å². The average molecular weight is 342 g/mol. The van der Waals surface area contributed by atoms with Crippen molar-refractivity contribution in [2.75, 3.05) is 13.1 Å². The molecule has 1 aromatic carbocycles. The quantitative estimate of drug-likeness (QED) is 0.816. The Kier molecular flexibility index (Phi) is 5.42. The largest absolute Gasteiger partial charge is 0.405 e. The number of hydrogen-bond acceptors (Lipinski definition) is 3. The highest BCUT2D eigenvalue weighted by atomic mass is 19.4. The fraction of sp³-hybridized carbons (Fsp3) is 0.400. The van der Waals surface area contributed by atoms with Gasteiger partial charge in [0.1, 0.15) is 12.2 Å². The molecule has 0 fully saturated rings. The number of aromatic nitrogens is 2. The van der Waals surface area contributed by atoms with Crippen molar-refractivity contribution >= 4 is 17.1 Å². The summed E-state index contributed by atoms with van der Waals surface area (Å²) in [6, 6.07) is 6.28. The van der Waals surface area contributed by atoms with Crippen molar-refractivity contribution in [3.05, 3.63) is 40.3 Å². The van der Waals surface area contributed by atoms with Crippen LogP contribution in [-0.4, -0.2) is 34.8 Å². The van der Waals surface area contributed by atoms with Gasteiger partial charge in [0.15, 0.2) is 0 Å². The van der Waals surface area contributed by atoms with Gasteiger partial charge in [-0.1, -0.05) is 12.1 Å². The molecular formula is C15H17F3N4O2. The summed E-state index contributed by atoms with van der Waals surface area (Å²) in [6.45, 7) is 0.703. The summed E-state index contributed by atoms with van der Waals surface area (Å²) in [5.74, 6) is 0. The van der Waals surface area contributed by atoms with Crippen molar-refractivity contribution < 1.29 is 18.0 Å². The fourth-order valence-electron chi connectivity index (χ4n) is 2.22. The number of aryl methyl sites for hydroxylation is 2. The Morgan fingerprint density at radius 2 is 1.96 bits per heavy atom. The van der Waals surface area contributed by atoms with Crippen LogP contribution in [0.25, 0.3) is 11.0 Å². The highest BCUT2D eigenvalue weighted by Crippen LogP contribution is 2.12. The van der Waals surface area contributed by atoms with E-state index in [0.29, 0.717) is 29.7 Å². The molecule has 6 nitrogen and oxygen atoms in total. The van der Waals surface area contributed by atoms with Crippen molar-refractivity contribution in [3.8, 4) is 0 Å². The van der Waals surface area contributed by atoms with Crippen LogP contribution >= 0.6 is 0 Å². The molecule has 2 rings (SSSR count). The van der Waals surface area contributed by atoms with Gasteiger partial charge in [-0.3, -0.25) is 4.79 Å². The smallest absolute Gasteiger partial charge is 0.338 e. The monoisotopic (exact) mass is 342 g/mol. The molecule has 2 N–H and O–H groups in total. The molecule has 0 aliphatic rings. The third-order valence-corrected chi connectivity index (χ3v) is 3.31. The van der Waals surface area contributed by atoms with E-state index in [0.717, 1.165) is 0 Å². The van der Waals surface area contributed by atoms with E-state index in [1.807, 2.05) is 6.07 Å². The van der Waals surface area contributed by atoms with Gasteiger partial charge in [-0.05, 0) is 25.5 Å². The number of urea groups is 1. The molecule has 0 bridgehead atoms. The first-order valence-electron chi connectivity index (χ1n) is 7.32. The third kappa shape index (κ3) is 4.71. The lowest BCUT2D eigenvalue weighted by Gasteiger charge is -2.12. The standard InChI is InChI=1S/C15H17F3N4O2/c1-10-13(23)22(12-6-3-2-5-11(12)21-10)8-4-7-19-14(24)20-9-15(16,17)18/h2-3,5-6H,4,7-9H2,1H3,(H2,19,20,24). The number of carbonyl (C=O) groups is 1. The number of amides is 2.